The highest BCUT2D eigenvalue weighted by atomic mass is 35.5. The zero-order chi connectivity index (χ0) is 19.7. The zero-order valence-corrected chi connectivity index (χ0v) is 16.0. The van der Waals surface area contributed by atoms with Gasteiger partial charge in [0.1, 0.15) is 18.9 Å². The number of ether oxygens (including phenoxy) is 3. The van der Waals surface area contributed by atoms with E-state index in [1.165, 1.54) is 9.80 Å². The van der Waals surface area contributed by atoms with Crippen LogP contribution < -0.4 is 19.1 Å². The second kappa shape index (κ2) is 7.59. The summed E-state index contributed by atoms with van der Waals surface area (Å²) in [7, 11) is 1.68. The molecule has 0 spiro atoms. The third-order valence-corrected chi connectivity index (χ3v) is 4.86. The maximum Gasteiger partial charge on any atom is 0.265 e. The lowest BCUT2D eigenvalue weighted by atomic mass is 10.2. The number of halogens is 1. The molecule has 28 heavy (non-hydrogen) atoms. The number of benzene rings is 2. The first-order valence-electron chi connectivity index (χ1n) is 8.86. The van der Waals surface area contributed by atoms with E-state index in [9.17, 15) is 9.59 Å². The number of anilines is 1. The summed E-state index contributed by atoms with van der Waals surface area (Å²) >= 11 is 6.04. The Morgan fingerprint density at radius 1 is 1.18 bits per heavy atom. The molecule has 2 aliphatic rings. The van der Waals surface area contributed by atoms with Crippen molar-refractivity contribution in [3.63, 3.8) is 0 Å². The quantitative estimate of drug-likeness (QED) is 0.785. The van der Waals surface area contributed by atoms with Crippen LogP contribution >= 0.6 is 11.6 Å². The standard InChI is InChI=1S/C20H19ClN2O5/c1-22(9-14-11-26-17-4-2-3-5-18(17)28-14)19(24)10-23-15-8-13(21)6-7-16(15)27-12-20(23)25/h2-8,14H,9-12H2,1H3/t14-/m0/s1. The van der Waals surface area contributed by atoms with E-state index in [0.717, 1.165) is 0 Å². The molecule has 0 unspecified atom stereocenters. The fourth-order valence-electron chi connectivity index (χ4n) is 3.16. The monoisotopic (exact) mass is 402 g/mol. The van der Waals surface area contributed by atoms with Crippen molar-refractivity contribution in [1.82, 2.24) is 4.90 Å². The Labute approximate surface area is 167 Å². The van der Waals surface area contributed by atoms with Crippen molar-refractivity contribution in [2.24, 2.45) is 0 Å². The molecular formula is C20H19ClN2O5. The molecule has 0 saturated heterocycles. The molecule has 8 heteroatoms. The first kappa shape index (κ1) is 18.4. The first-order chi connectivity index (χ1) is 13.5. The van der Waals surface area contributed by atoms with Crippen LogP contribution in [0.1, 0.15) is 0 Å². The van der Waals surface area contributed by atoms with E-state index in [-0.39, 0.29) is 31.1 Å². The Hall–Kier alpha value is -2.93. The van der Waals surface area contributed by atoms with E-state index in [1.807, 2.05) is 24.3 Å². The number of rotatable bonds is 4. The summed E-state index contributed by atoms with van der Waals surface area (Å²) in [4.78, 5) is 28.0. The lowest BCUT2D eigenvalue weighted by Crippen LogP contribution is -2.48. The number of fused-ring (bicyclic) bond motifs is 2. The van der Waals surface area contributed by atoms with E-state index >= 15 is 0 Å². The average molecular weight is 403 g/mol. The van der Waals surface area contributed by atoms with Crippen molar-refractivity contribution in [3.8, 4) is 17.2 Å². The van der Waals surface area contributed by atoms with Crippen molar-refractivity contribution in [1.29, 1.82) is 0 Å². The number of nitrogens with zero attached hydrogens (tertiary/aromatic N) is 2. The molecule has 2 amide bonds. The van der Waals surface area contributed by atoms with Crippen LogP contribution in [0.25, 0.3) is 0 Å². The van der Waals surface area contributed by atoms with Gasteiger partial charge in [0.25, 0.3) is 5.91 Å². The summed E-state index contributed by atoms with van der Waals surface area (Å²) in [5, 5.41) is 0.467. The third-order valence-electron chi connectivity index (χ3n) is 4.63. The Morgan fingerprint density at radius 3 is 2.79 bits per heavy atom. The van der Waals surface area contributed by atoms with Crippen molar-refractivity contribution < 1.29 is 23.8 Å². The average Bonchev–Trinajstić information content (AvgIpc) is 2.70. The molecule has 0 aromatic heterocycles. The number of para-hydroxylation sites is 2. The molecule has 0 bridgehead atoms. The second-order valence-electron chi connectivity index (χ2n) is 6.65. The number of hydrogen-bond donors (Lipinski definition) is 0. The zero-order valence-electron chi connectivity index (χ0n) is 15.3. The number of amides is 2. The Kier molecular flexibility index (Phi) is 5.00. The van der Waals surface area contributed by atoms with Gasteiger partial charge in [-0.15, -0.1) is 0 Å². The number of likely N-dealkylation sites (N-methyl/N-ethyl adjacent to an activating group) is 1. The Balaban J connectivity index is 1.41. The van der Waals surface area contributed by atoms with Gasteiger partial charge in [0.2, 0.25) is 5.91 Å². The van der Waals surface area contributed by atoms with Crippen molar-refractivity contribution in [3.05, 3.63) is 47.5 Å². The number of hydrogen-bond acceptors (Lipinski definition) is 5. The van der Waals surface area contributed by atoms with E-state index in [0.29, 0.717) is 41.1 Å². The van der Waals surface area contributed by atoms with Gasteiger partial charge in [0, 0.05) is 12.1 Å². The molecular weight excluding hydrogens is 384 g/mol. The molecule has 2 aromatic rings. The minimum Gasteiger partial charge on any atom is -0.486 e. The summed E-state index contributed by atoms with van der Waals surface area (Å²) in [6.45, 7) is 0.482. The van der Waals surface area contributed by atoms with Gasteiger partial charge < -0.3 is 19.1 Å². The highest BCUT2D eigenvalue weighted by molar-refractivity contribution is 6.31. The lowest BCUT2D eigenvalue weighted by Gasteiger charge is -2.32. The van der Waals surface area contributed by atoms with Gasteiger partial charge in [0.15, 0.2) is 24.2 Å². The molecule has 2 aliphatic heterocycles. The van der Waals surface area contributed by atoms with Crippen LogP contribution in [-0.4, -0.2) is 56.2 Å². The molecule has 146 valence electrons. The van der Waals surface area contributed by atoms with Crippen molar-refractivity contribution in [2.45, 2.75) is 6.10 Å². The maximum atomic E-state index is 12.7. The fraction of sp³-hybridized carbons (Fsp3) is 0.300. The summed E-state index contributed by atoms with van der Waals surface area (Å²) < 4.78 is 17.0. The highest BCUT2D eigenvalue weighted by Gasteiger charge is 2.30. The molecule has 7 nitrogen and oxygen atoms in total. The molecule has 0 fully saturated rings. The molecule has 4 rings (SSSR count). The van der Waals surface area contributed by atoms with Crippen molar-refractivity contribution >= 4 is 29.1 Å². The molecule has 2 aromatic carbocycles. The number of carbonyl (C=O) groups excluding carboxylic acids is 2. The normalized spacial score (nSPS) is 17.6. The van der Waals surface area contributed by atoms with Gasteiger partial charge in [-0.2, -0.15) is 0 Å². The summed E-state index contributed by atoms with van der Waals surface area (Å²) in [6.07, 6.45) is -0.286. The largest absolute Gasteiger partial charge is 0.486 e. The van der Waals surface area contributed by atoms with Gasteiger partial charge >= 0.3 is 0 Å². The van der Waals surface area contributed by atoms with Crippen LogP contribution in [0.15, 0.2) is 42.5 Å². The predicted molar refractivity (Wildman–Crippen MR) is 103 cm³/mol. The van der Waals surface area contributed by atoms with Crippen molar-refractivity contribution in [2.75, 3.05) is 38.3 Å². The van der Waals surface area contributed by atoms with Gasteiger partial charge in [-0.25, -0.2) is 0 Å². The summed E-state index contributed by atoms with van der Waals surface area (Å²) in [5.41, 5.74) is 0.497. The summed E-state index contributed by atoms with van der Waals surface area (Å²) in [6, 6.07) is 12.4. The molecule has 2 heterocycles. The van der Waals surface area contributed by atoms with Gasteiger partial charge in [-0.05, 0) is 30.3 Å². The lowest BCUT2D eigenvalue weighted by molar-refractivity contribution is -0.132. The molecule has 0 aliphatic carbocycles. The van der Waals surface area contributed by atoms with Crippen LogP contribution in [0, 0.1) is 0 Å². The van der Waals surface area contributed by atoms with Gasteiger partial charge in [-0.3, -0.25) is 14.5 Å². The van der Waals surface area contributed by atoms with Crippen LogP contribution in [-0.2, 0) is 9.59 Å². The van der Waals surface area contributed by atoms with E-state index < -0.39 is 0 Å². The summed E-state index contributed by atoms with van der Waals surface area (Å²) in [5.74, 6) is 1.37. The van der Waals surface area contributed by atoms with Crippen LogP contribution in [0.3, 0.4) is 0 Å². The van der Waals surface area contributed by atoms with Crippen LogP contribution in [0.2, 0.25) is 5.02 Å². The highest BCUT2D eigenvalue weighted by Crippen LogP contribution is 2.34. The molecule has 0 N–H and O–H groups in total. The van der Waals surface area contributed by atoms with Gasteiger partial charge in [-0.1, -0.05) is 23.7 Å². The smallest absolute Gasteiger partial charge is 0.265 e. The van der Waals surface area contributed by atoms with E-state index in [1.54, 1.807) is 25.2 Å². The molecule has 0 radical (unpaired) electrons. The molecule has 0 saturated carbocycles. The maximum absolute atomic E-state index is 12.7. The first-order valence-corrected chi connectivity index (χ1v) is 9.24. The van der Waals surface area contributed by atoms with E-state index in [2.05, 4.69) is 0 Å². The topological polar surface area (TPSA) is 68.3 Å². The van der Waals surface area contributed by atoms with Gasteiger partial charge in [0.05, 0.1) is 12.2 Å². The molecule has 1 atom stereocenters. The Bertz CT molecular complexity index is 919. The minimum atomic E-state index is -0.289. The minimum absolute atomic E-state index is 0.101. The second-order valence-corrected chi connectivity index (χ2v) is 7.09. The van der Waals surface area contributed by atoms with Crippen LogP contribution in [0.4, 0.5) is 5.69 Å². The third kappa shape index (κ3) is 3.71. The Morgan fingerprint density at radius 2 is 1.96 bits per heavy atom. The number of carbonyl (C=O) groups is 2. The SMILES string of the molecule is CN(C[C@H]1COc2ccccc2O1)C(=O)CN1C(=O)COc2ccc(Cl)cc21. The predicted octanol–water partition coefficient (Wildman–Crippen LogP) is 2.36. The fourth-order valence-corrected chi connectivity index (χ4v) is 3.33. The van der Waals surface area contributed by atoms with E-state index in [4.69, 9.17) is 25.8 Å². The van der Waals surface area contributed by atoms with Crippen LogP contribution in [0.5, 0.6) is 17.2 Å².